The molecular formula is C12H22N4O5. The predicted molar refractivity (Wildman–Crippen MR) is 74.1 cm³/mol. The number of carbonyl (C=O) groups is 4. The highest BCUT2D eigenvalue weighted by Gasteiger charge is 2.23. The summed E-state index contributed by atoms with van der Waals surface area (Å²) in [6, 6.07) is -3.62. The fourth-order valence-electron chi connectivity index (χ4n) is 1.21. The third-order valence-corrected chi connectivity index (χ3v) is 2.65. The first-order valence-corrected chi connectivity index (χ1v) is 6.45. The van der Waals surface area contributed by atoms with Gasteiger partial charge in [0.05, 0.1) is 6.04 Å². The molecule has 0 aliphatic heterocycles. The second-order valence-electron chi connectivity index (χ2n) is 4.82. The van der Waals surface area contributed by atoms with E-state index in [1.165, 1.54) is 27.7 Å². The monoisotopic (exact) mass is 302 g/mol. The molecule has 0 aliphatic carbocycles. The largest absolute Gasteiger partial charge is 0.480 e. The van der Waals surface area contributed by atoms with Gasteiger partial charge in [-0.25, -0.2) is 0 Å². The summed E-state index contributed by atoms with van der Waals surface area (Å²) in [6.07, 6.45) is 0. The Morgan fingerprint density at radius 2 is 1.10 bits per heavy atom. The van der Waals surface area contributed by atoms with E-state index >= 15 is 0 Å². The Hall–Kier alpha value is -2.16. The van der Waals surface area contributed by atoms with Gasteiger partial charge in [-0.2, -0.15) is 0 Å². The Morgan fingerprint density at radius 1 is 0.762 bits per heavy atom. The molecule has 3 amide bonds. The standard InChI is InChI=1S/C12H22N4O5/c1-5(13)9(17)14-6(2)10(18)15-7(3)11(19)16-8(4)12(20)21/h5-8H,13H2,1-4H3,(H,14,17)(H,15,18)(H,16,19)(H,20,21)/t5-,6-,7-,8+/m1/s1. The average molecular weight is 302 g/mol. The van der Waals surface area contributed by atoms with Gasteiger partial charge in [-0.15, -0.1) is 0 Å². The van der Waals surface area contributed by atoms with E-state index in [9.17, 15) is 19.2 Å². The first-order valence-electron chi connectivity index (χ1n) is 6.45. The summed E-state index contributed by atoms with van der Waals surface area (Å²) in [5.41, 5.74) is 5.35. The third-order valence-electron chi connectivity index (χ3n) is 2.65. The molecule has 0 aromatic carbocycles. The number of hydrogen-bond donors (Lipinski definition) is 5. The van der Waals surface area contributed by atoms with Crippen molar-refractivity contribution >= 4 is 23.7 Å². The number of carbonyl (C=O) groups excluding carboxylic acids is 3. The SMILES string of the molecule is C[C@H](NC(=O)[C@@H](C)NC(=O)[C@@H](C)NC(=O)[C@@H](C)N)C(=O)O. The highest BCUT2D eigenvalue weighted by atomic mass is 16.4. The molecule has 0 heterocycles. The highest BCUT2D eigenvalue weighted by molar-refractivity contribution is 5.93. The molecule has 6 N–H and O–H groups in total. The Morgan fingerprint density at radius 3 is 1.43 bits per heavy atom. The van der Waals surface area contributed by atoms with Gasteiger partial charge in [0.2, 0.25) is 17.7 Å². The maximum absolute atomic E-state index is 11.8. The number of hydrogen-bond acceptors (Lipinski definition) is 5. The Labute approximate surface area is 122 Å². The van der Waals surface area contributed by atoms with Crippen LogP contribution in [-0.2, 0) is 19.2 Å². The summed E-state index contributed by atoms with van der Waals surface area (Å²) >= 11 is 0. The van der Waals surface area contributed by atoms with Gasteiger partial charge in [-0.3, -0.25) is 19.2 Å². The van der Waals surface area contributed by atoms with Crippen LogP contribution in [0.2, 0.25) is 0 Å². The molecule has 0 aliphatic rings. The first kappa shape index (κ1) is 18.8. The van der Waals surface area contributed by atoms with Crippen molar-refractivity contribution < 1.29 is 24.3 Å². The number of nitrogens with one attached hydrogen (secondary N) is 3. The van der Waals surface area contributed by atoms with Gasteiger partial charge in [0.1, 0.15) is 18.1 Å². The fourth-order valence-corrected chi connectivity index (χ4v) is 1.21. The van der Waals surface area contributed by atoms with Crippen LogP contribution >= 0.6 is 0 Å². The van der Waals surface area contributed by atoms with Crippen LogP contribution in [0.4, 0.5) is 0 Å². The van der Waals surface area contributed by atoms with Gasteiger partial charge in [-0.1, -0.05) is 0 Å². The first-order chi connectivity index (χ1) is 9.56. The maximum Gasteiger partial charge on any atom is 0.325 e. The number of nitrogens with two attached hydrogens (primary N) is 1. The van der Waals surface area contributed by atoms with E-state index in [1.54, 1.807) is 0 Å². The molecule has 0 fully saturated rings. The van der Waals surface area contributed by atoms with Crippen LogP contribution in [-0.4, -0.2) is 53.0 Å². The minimum absolute atomic E-state index is 0.491. The summed E-state index contributed by atoms with van der Waals surface area (Å²) in [6.45, 7) is 5.63. The molecule has 0 aromatic heterocycles. The van der Waals surface area contributed by atoms with E-state index in [0.29, 0.717) is 0 Å². The number of carboxylic acids is 1. The molecular weight excluding hydrogens is 280 g/mol. The summed E-state index contributed by atoms with van der Waals surface area (Å²) in [4.78, 5) is 45.4. The van der Waals surface area contributed by atoms with Gasteiger partial charge in [0.15, 0.2) is 0 Å². The Balaban J connectivity index is 4.40. The van der Waals surface area contributed by atoms with Crippen molar-refractivity contribution in [1.82, 2.24) is 16.0 Å². The zero-order valence-corrected chi connectivity index (χ0v) is 12.5. The van der Waals surface area contributed by atoms with E-state index < -0.39 is 47.9 Å². The lowest BCUT2D eigenvalue weighted by atomic mass is 10.2. The maximum atomic E-state index is 11.8. The van der Waals surface area contributed by atoms with E-state index in [2.05, 4.69) is 16.0 Å². The van der Waals surface area contributed by atoms with Gasteiger partial charge in [0.25, 0.3) is 0 Å². The van der Waals surface area contributed by atoms with Crippen LogP contribution in [0.25, 0.3) is 0 Å². The van der Waals surface area contributed by atoms with Gasteiger partial charge in [-0.05, 0) is 27.7 Å². The molecule has 9 heteroatoms. The topological polar surface area (TPSA) is 151 Å². The number of amides is 3. The number of rotatable bonds is 7. The smallest absolute Gasteiger partial charge is 0.325 e. The molecule has 0 bridgehead atoms. The Kier molecular flexibility index (Phi) is 7.36. The van der Waals surface area contributed by atoms with Gasteiger partial charge >= 0.3 is 5.97 Å². The van der Waals surface area contributed by atoms with Crippen molar-refractivity contribution in [3.05, 3.63) is 0 Å². The minimum Gasteiger partial charge on any atom is -0.480 e. The quantitative estimate of drug-likeness (QED) is 0.364. The number of aliphatic carboxylic acids is 1. The van der Waals surface area contributed by atoms with Crippen LogP contribution in [0.5, 0.6) is 0 Å². The van der Waals surface area contributed by atoms with Crippen molar-refractivity contribution in [2.45, 2.75) is 51.9 Å². The molecule has 21 heavy (non-hydrogen) atoms. The molecule has 9 nitrogen and oxygen atoms in total. The van der Waals surface area contributed by atoms with Crippen molar-refractivity contribution in [3.63, 3.8) is 0 Å². The lowest BCUT2D eigenvalue weighted by molar-refractivity contribution is -0.141. The minimum atomic E-state index is -1.18. The average Bonchev–Trinajstić information content (AvgIpc) is 2.37. The highest BCUT2D eigenvalue weighted by Crippen LogP contribution is 1.91. The lowest BCUT2D eigenvalue weighted by Crippen LogP contribution is -2.54. The molecule has 0 saturated heterocycles. The summed E-state index contributed by atoms with van der Waals surface area (Å²) in [5.74, 6) is -2.88. The van der Waals surface area contributed by atoms with Crippen LogP contribution in [0.15, 0.2) is 0 Å². The molecule has 120 valence electrons. The van der Waals surface area contributed by atoms with E-state index in [-0.39, 0.29) is 0 Å². The zero-order chi connectivity index (χ0) is 16.7. The summed E-state index contributed by atoms with van der Waals surface area (Å²) in [5, 5.41) is 15.6. The molecule has 0 spiro atoms. The third kappa shape index (κ3) is 6.70. The lowest BCUT2D eigenvalue weighted by Gasteiger charge is -2.19. The molecule has 0 unspecified atom stereocenters. The van der Waals surface area contributed by atoms with Crippen LogP contribution in [0, 0.1) is 0 Å². The second-order valence-corrected chi connectivity index (χ2v) is 4.82. The normalized spacial score (nSPS) is 16.0. The molecule has 0 radical (unpaired) electrons. The number of carboxylic acid groups (broad SMARTS) is 1. The van der Waals surface area contributed by atoms with Gasteiger partial charge < -0.3 is 26.8 Å². The van der Waals surface area contributed by atoms with Crippen molar-refractivity contribution in [1.29, 1.82) is 0 Å². The van der Waals surface area contributed by atoms with Gasteiger partial charge in [0, 0.05) is 0 Å². The fraction of sp³-hybridized carbons (Fsp3) is 0.667. The second kappa shape index (κ2) is 8.20. The van der Waals surface area contributed by atoms with E-state index in [0.717, 1.165) is 0 Å². The van der Waals surface area contributed by atoms with Crippen molar-refractivity contribution in [2.24, 2.45) is 5.73 Å². The van der Waals surface area contributed by atoms with Crippen LogP contribution in [0.1, 0.15) is 27.7 Å². The van der Waals surface area contributed by atoms with E-state index in [1.807, 2.05) is 0 Å². The molecule has 4 atom stereocenters. The predicted octanol–water partition coefficient (Wildman–Crippen LogP) is -2.07. The van der Waals surface area contributed by atoms with Crippen LogP contribution in [0.3, 0.4) is 0 Å². The Bertz CT molecular complexity index is 424. The van der Waals surface area contributed by atoms with Crippen molar-refractivity contribution in [2.75, 3.05) is 0 Å². The van der Waals surface area contributed by atoms with E-state index in [4.69, 9.17) is 10.8 Å². The van der Waals surface area contributed by atoms with Crippen molar-refractivity contribution in [3.8, 4) is 0 Å². The molecule has 0 aromatic rings. The molecule has 0 rings (SSSR count). The summed E-state index contributed by atoms with van der Waals surface area (Å²) in [7, 11) is 0. The summed E-state index contributed by atoms with van der Waals surface area (Å²) < 4.78 is 0. The van der Waals surface area contributed by atoms with Crippen LogP contribution < -0.4 is 21.7 Å². The molecule has 0 saturated carbocycles. The zero-order valence-electron chi connectivity index (χ0n) is 12.5.